The monoisotopic (exact) mass is 486 g/mol. The van der Waals surface area contributed by atoms with Crippen molar-refractivity contribution in [3.05, 3.63) is 11.6 Å². The zero-order valence-corrected chi connectivity index (χ0v) is 22.5. The van der Waals surface area contributed by atoms with Crippen LogP contribution in [0.2, 0.25) is 0 Å². The van der Waals surface area contributed by atoms with Gasteiger partial charge in [0.15, 0.2) is 0 Å². The zero-order chi connectivity index (χ0) is 25.2. The van der Waals surface area contributed by atoms with Crippen LogP contribution in [0, 0.1) is 46.3 Å². The van der Waals surface area contributed by atoms with Crippen molar-refractivity contribution in [2.75, 3.05) is 0 Å². The number of carbonyl (C=O) groups excluding carboxylic acids is 2. The van der Waals surface area contributed by atoms with Crippen LogP contribution < -0.4 is 0 Å². The number of esters is 2. The number of ether oxygens (including phenoxy) is 2. The molecule has 3 saturated carbocycles. The molecule has 0 radical (unpaired) electrons. The molecule has 5 nitrogen and oxygen atoms in total. The van der Waals surface area contributed by atoms with Crippen molar-refractivity contribution in [1.82, 2.24) is 0 Å². The molecule has 4 fully saturated rings. The van der Waals surface area contributed by atoms with Gasteiger partial charge in [-0.05, 0) is 86.4 Å². The molecule has 5 aliphatic rings. The Morgan fingerprint density at radius 3 is 2.43 bits per heavy atom. The van der Waals surface area contributed by atoms with Crippen LogP contribution in [0.4, 0.5) is 0 Å². The SMILES string of the molecule is CC(C)CCC[C@@H](C)[C@H]1CC[C@H]2[C@@H]3CC=C4C[C@H](O)CC5(OC(=O)CC(=O)O5)[C@]4(C)[C@H]3CC[C@]12C. The summed E-state index contributed by atoms with van der Waals surface area (Å²) in [5.74, 6) is 1.33. The quantitative estimate of drug-likeness (QED) is 0.285. The van der Waals surface area contributed by atoms with Gasteiger partial charge in [-0.15, -0.1) is 0 Å². The fourth-order valence-electron chi connectivity index (χ4n) is 9.63. The number of allylic oxidation sites excluding steroid dienone is 1. The van der Waals surface area contributed by atoms with Gasteiger partial charge in [0.2, 0.25) is 0 Å². The van der Waals surface area contributed by atoms with Gasteiger partial charge in [-0.3, -0.25) is 9.59 Å². The molecule has 0 unspecified atom stereocenters. The summed E-state index contributed by atoms with van der Waals surface area (Å²) in [6.07, 6.45) is 11.9. The van der Waals surface area contributed by atoms with Crippen molar-refractivity contribution in [1.29, 1.82) is 0 Å². The van der Waals surface area contributed by atoms with Crippen LogP contribution in [0.25, 0.3) is 0 Å². The van der Waals surface area contributed by atoms with Crippen molar-refractivity contribution >= 4 is 11.9 Å². The molecule has 1 N–H and O–H groups in total. The molecule has 0 aromatic carbocycles. The lowest BCUT2D eigenvalue weighted by atomic mass is 9.45. The second-order valence-corrected chi connectivity index (χ2v) is 13.5. The van der Waals surface area contributed by atoms with E-state index in [9.17, 15) is 14.7 Å². The van der Waals surface area contributed by atoms with Crippen molar-refractivity contribution in [2.24, 2.45) is 46.3 Å². The Morgan fingerprint density at radius 2 is 1.74 bits per heavy atom. The molecule has 196 valence electrons. The van der Waals surface area contributed by atoms with E-state index in [1.807, 2.05) is 0 Å². The van der Waals surface area contributed by atoms with Gasteiger partial charge in [-0.25, -0.2) is 0 Å². The molecular formula is C30H46O5. The highest BCUT2D eigenvalue weighted by atomic mass is 16.7. The average Bonchev–Trinajstić information content (AvgIpc) is 3.11. The Labute approximate surface area is 211 Å². The second kappa shape index (κ2) is 8.89. The lowest BCUT2D eigenvalue weighted by molar-refractivity contribution is -0.309. The number of hydrogen-bond donors (Lipinski definition) is 1. The van der Waals surface area contributed by atoms with Gasteiger partial charge >= 0.3 is 11.9 Å². The molecule has 0 aromatic heterocycles. The minimum Gasteiger partial charge on any atom is -0.421 e. The molecule has 8 atom stereocenters. The molecule has 1 heterocycles. The highest BCUT2D eigenvalue weighted by molar-refractivity contribution is 5.93. The Kier molecular flexibility index (Phi) is 6.42. The maximum atomic E-state index is 12.5. The minimum absolute atomic E-state index is 0.180. The number of aliphatic hydroxyl groups is 1. The number of aliphatic hydroxyl groups excluding tert-OH is 1. The van der Waals surface area contributed by atoms with E-state index in [0.717, 1.165) is 36.2 Å². The standard InChI is InChI=1S/C30H46O5/c1-18(2)7-6-8-19(3)23-11-12-24-22-10-9-20-15-21(31)17-30(34-26(32)16-27(33)35-30)29(20,5)25(22)13-14-28(23,24)4/h9,18-19,21-25,31H,6-8,10-17H2,1-5H3/t19-,21+,22+,23-,24+,25+,28-,29+/m1/s1. The minimum atomic E-state index is -1.37. The van der Waals surface area contributed by atoms with Crippen LogP contribution in [0.15, 0.2) is 11.6 Å². The fraction of sp³-hybridized carbons (Fsp3) is 0.867. The van der Waals surface area contributed by atoms with Crippen LogP contribution in [0.1, 0.15) is 105 Å². The van der Waals surface area contributed by atoms with Crippen LogP contribution >= 0.6 is 0 Å². The third-order valence-corrected chi connectivity index (χ3v) is 11.3. The Balaban J connectivity index is 1.43. The summed E-state index contributed by atoms with van der Waals surface area (Å²) in [5, 5.41) is 10.7. The first-order chi connectivity index (χ1) is 16.5. The third-order valence-electron chi connectivity index (χ3n) is 11.3. The first-order valence-corrected chi connectivity index (χ1v) is 14.3. The lowest BCUT2D eigenvalue weighted by Gasteiger charge is -2.63. The molecule has 0 bridgehead atoms. The lowest BCUT2D eigenvalue weighted by Crippen LogP contribution is -2.66. The highest BCUT2D eigenvalue weighted by Gasteiger charge is 2.69. The predicted octanol–water partition coefficient (Wildman–Crippen LogP) is 6.19. The molecule has 5 rings (SSSR count). The van der Waals surface area contributed by atoms with Crippen molar-refractivity contribution in [3.63, 3.8) is 0 Å². The molecule has 1 saturated heterocycles. The summed E-state index contributed by atoms with van der Waals surface area (Å²) in [6, 6.07) is 0. The molecule has 0 aromatic rings. The first kappa shape index (κ1) is 25.3. The predicted molar refractivity (Wildman–Crippen MR) is 134 cm³/mol. The first-order valence-electron chi connectivity index (χ1n) is 14.3. The van der Waals surface area contributed by atoms with Gasteiger partial charge < -0.3 is 14.6 Å². The molecule has 4 aliphatic carbocycles. The molecular weight excluding hydrogens is 440 g/mol. The van der Waals surface area contributed by atoms with Crippen LogP contribution in [0.5, 0.6) is 0 Å². The largest absolute Gasteiger partial charge is 0.421 e. The normalized spacial score (nSPS) is 43.1. The van der Waals surface area contributed by atoms with Gasteiger partial charge in [0, 0.05) is 0 Å². The van der Waals surface area contributed by atoms with Crippen molar-refractivity contribution in [2.45, 2.75) is 117 Å². The van der Waals surface area contributed by atoms with Gasteiger partial charge in [-0.1, -0.05) is 58.6 Å². The summed E-state index contributed by atoms with van der Waals surface area (Å²) < 4.78 is 11.9. The van der Waals surface area contributed by atoms with E-state index < -0.39 is 29.2 Å². The molecule has 35 heavy (non-hydrogen) atoms. The van der Waals surface area contributed by atoms with Crippen LogP contribution in [-0.2, 0) is 19.1 Å². The second-order valence-electron chi connectivity index (χ2n) is 13.5. The molecule has 5 heteroatoms. The van der Waals surface area contributed by atoms with Gasteiger partial charge in [-0.2, -0.15) is 0 Å². The Hall–Kier alpha value is -1.36. The summed E-state index contributed by atoms with van der Waals surface area (Å²) in [6.45, 7) is 11.9. The van der Waals surface area contributed by atoms with Crippen LogP contribution in [0.3, 0.4) is 0 Å². The van der Waals surface area contributed by atoms with E-state index in [1.54, 1.807) is 0 Å². The molecule has 1 spiro atoms. The number of hydrogen-bond acceptors (Lipinski definition) is 5. The number of carbonyl (C=O) groups is 2. The smallest absolute Gasteiger partial charge is 0.320 e. The third kappa shape index (κ3) is 3.90. The summed E-state index contributed by atoms with van der Waals surface area (Å²) in [4.78, 5) is 25.0. The maximum absolute atomic E-state index is 12.5. The van der Waals surface area contributed by atoms with E-state index in [2.05, 4.69) is 40.7 Å². The Bertz CT molecular complexity index is 875. The van der Waals surface area contributed by atoms with Crippen molar-refractivity contribution < 1.29 is 24.2 Å². The van der Waals surface area contributed by atoms with Gasteiger partial charge in [0.05, 0.1) is 17.9 Å². The zero-order valence-electron chi connectivity index (χ0n) is 22.5. The summed E-state index contributed by atoms with van der Waals surface area (Å²) >= 11 is 0. The summed E-state index contributed by atoms with van der Waals surface area (Å²) in [7, 11) is 0. The Morgan fingerprint density at radius 1 is 1.03 bits per heavy atom. The summed E-state index contributed by atoms with van der Waals surface area (Å²) in [5.41, 5.74) is 0.907. The fourth-order valence-corrected chi connectivity index (χ4v) is 9.63. The highest BCUT2D eigenvalue weighted by Crippen LogP contribution is 2.69. The van der Waals surface area contributed by atoms with E-state index >= 15 is 0 Å². The van der Waals surface area contributed by atoms with E-state index in [0.29, 0.717) is 29.6 Å². The van der Waals surface area contributed by atoms with Gasteiger partial charge in [0.25, 0.3) is 5.79 Å². The van der Waals surface area contributed by atoms with E-state index in [4.69, 9.17) is 9.47 Å². The molecule has 1 aliphatic heterocycles. The molecule has 0 amide bonds. The van der Waals surface area contributed by atoms with Crippen LogP contribution in [-0.4, -0.2) is 28.9 Å². The van der Waals surface area contributed by atoms with E-state index in [1.165, 1.54) is 38.5 Å². The van der Waals surface area contributed by atoms with E-state index in [-0.39, 0.29) is 12.8 Å². The van der Waals surface area contributed by atoms with Crippen molar-refractivity contribution in [3.8, 4) is 0 Å². The number of rotatable bonds is 5. The average molecular weight is 487 g/mol. The van der Waals surface area contributed by atoms with Gasteiger partial charge in [0.1, 0.15) is 6.42 Å². The maximum Gasteiger partial charge on any atom is 0.320 e. The topological polar surface area (TPSA) is 72.8 Å². The number of fused-ring (bicyclic) bond motifs is 6.